The van der Waals surface area contributed by atoms with Crippen molar-refractivity contribution in [1.29, 1.82) is 0 Å². The van der Waals surface area contributed by atoms with Crippen LogP contribution in [0.15, 0.2) is 71.6 Å². The number of anilines is 1. The lowest BCUT2D eigenvalue weighted by molar-refractivity contribution is -0.139. The van der Waals surface area contributed by atoms with Crippen molar-refractivity contribution < 1.29 is 32.2 Å². The predicted octanol–water partition coefficient (Wildman–Crippen LogP) is 3.38. The summed E-state index contributed by atoms with van der Waals surface area (Å²) in [7, 11) is 1.62. The van der Waals surface area contributed by atoms with Crippen LogP contribution in [0.1, 0.15) is 18.1 Å². The Hall–Kier alpha value is -4.25. The standard InChI is InChI=1S/C29H35N3O7S/c1-20-10-12-23(13-11-20)32(40(35,36)25-14-15-26(38-5)27(17-25)39-6)19-28(33)31(21(2)29(34)30-3)18-22-8-7-9-24(16-22)37-4/h7-17,21H,18-19H2,1-6H3,(H,30,34)/t21-/m1/s1. The summed E-state index contributed by atoms with van der Waals surface area (Å²) in [4.78, 5) is 27.8. The molecule has 1 N–H and O–H groups in total. The van der Waals surface area contributed by atoms with Gasteiger partial charge in [-0.25, -0.2) is 8.42 Å². The summed E-state index contributed by atoms with van der Waals surface area (Å²) in [5, 5.41) is 2.56. The van der Waals surface area contributed by atoms with E-state index in [0.29, 0.717) is 22.7 Å². The lowest BCUT2D eigenvalue weighted by atomic mass is 10.1. The van der Waals surface area contributed by atoms with Crippen molar-refractivity contribution in [3.63, 3.8) is 0 Å². The van der Waals surface area contributed by atoms with Gasteiger partial charge in [0.15, 0.2) is 11.5 Å². The van der Waals surface area contributed by atoms with Gasteiger partial charge in [0.2, 0.25) is 11.8 Å². The van der Waals surface area contributed by atoms with Gasteiger partial charge in [0.05, 0.1) is 31.9 Å². The molecule has 40 heavy (non-hydrogen) atoms. The molecule has 0 saturated heterocycles. The van der Waals surface area contributed by atoms with Crippen LogP contribution in [-0.4, -0.2) is 66.1 Å². The molecule has 3 aromatic rings. The van der Waals surface area contributed by atoms with Crippen LogP contribution in [0.3, 0.4) is 0 Å². The number of amides is 2. The van der Waals surface area contributed by atoms with Crippen LogP contribution < -0.4 is 23.8 Å². The van der Waals surface area contributed by atoms with Crippen molar-refractivity contribution in [1.82, 2.24) is 10.2 Å². The van der Waals surface area contributed by atoms with Gasteiger partial charge in [-0.15, -0.1) is 0 Å². The topological polar surface area (TPSA) is 114 Å². The number of ether oxygens (including phenoxy) is 3. The summed E-state index contributed by atoms with van der Waals surface area (Å²) in [6.45, 7) is 2.98. The van der Waals surface area contributed by atoms with Crippen molar-refractivity contribution >= 4 is 27.5 Å². The third kappa shape index (κ3) is 6.84. The number of aryl methyl sites for hydroxylation is 1. The summed E-state index contributed by atoms with van der Waals surface area (Å²) in [5.41, 5.74) is 1.93. The quantitative estimate of drug-likeness (QED) is 0.356. The monoisotopic (exact) mass is 569 g/mol. The Balaban J connectivity index is 2.07. The van der Waals surface area contributed by atoms with E-state index in [9.17, 15) is 18.0 Å². The number of hydrogen-bond donors (Lipinski definition) is 1. The fourth-order valence-electron chi connectivity index (χ4n) is 4.10. The highest BCUT2D eigenvalue weighted by Crippen LogP contribution is 2.32. The molecule has 11 heteroatoms. The highest BCUT2D eigenvalue weighted by atomic mass is 32.2. The molecule has 0 aliphatic heterocycles. The first-order chi connectivity index (χ1) is 19.0. The van der Waals surface area contributed by atoms with Gasteiger partial charge in [-0.1, -0.05) is 29.8 Å². The average Bonchev–Trinajstić information content (AvgIpc) is 2.97. The van der Waals surface area contributed by atoms with Crippen LogP contribution >= 0.6 is 0 Å². The Morgan fingerprint density at radius 1 is 0.900 bits per heavy atom. The fraction of sp³-hybridized carbons (Fsp3) is 0.310. The number of rotatable bonds is 12. The third-order valence-electron chi connectivity index (χ3n) is 6.44. The molecule has 0 aromatic heterocycles. The molecule has 3 aromatic carbocycles. The van der Waals surface area contributed by atoms with E-state index in [1.54, 1.807) is 55.5 Å². The highest BCUT2D eigenvalue weighted by molar-refractivity contribution is 7.92. The molecule has 2 amide bonds. The average molecular weight is 570 g/mol. The normalized spacial score (nSPS) is 11.8. The van der Waals surface area contributed by atoms with Crippen molar-refractivity contribution in [2.45, 2.75) is 31.3 Å². The Labute approximate surface area is 235 Å². The molecule has 3 rings (SSSR count). The van der Waals surface area contributed by atoms with E-state index in [0.717, 1.165) is 9.87 Å². The number of carbonyl (C=O) groups is 2. The van der Waals surface area contributed by atoms with Crippen molar-refractivity contribution in [2.24, 2.45) is 0 Å². The molecule has 0 unspecified atom stereocenters. The Morgan fingerprint density at radius 3 is 2.17 bits per heavy atom. The molecule has 1 atom stereocenters. The maximum Gasteiger partial charge on any atom is 0.264 e. The second-order valence-corrected chi connectivity index (χ2v) is 10.9. The van der Waals surface area contributed by atoms with Crippen LogP contribution in [0.25, 0.3) is 0 Å². The third-order valence-corrected chi connectivity index (χ3v) is 8.21. The molecule has 0 spiro atoms. The zero-order valence-corrected chi connectivity index (χ0v) is 24.3. The molecule has 0 saturated carbocycles. The molecular weight excluding hydrogens is 534 g/mol. The lowest BCUT2D eigenvalue weighted by Crippen LogP contribution is -2.50. The first-order valence-electron chi connectivity index (χ1n) is 12.5. The van der Waals surface area contributed by atoms with Gasteiger partial charge in [-0.2, -0.15) is 0 Å². The minimum atomic E-state index is -4.26. The predicted molar refractivity (Wildman–Crippen MR) is 152 cm³/mol. The van der Waals surface area contributed by atoms with Crippen LogP contribution in [0.4, 0.5) is 5.69 Å². The molecule has 0 fully saturated rings. The fourth-order valence-corrected chi connectivity index (χ4v) is 5.53. The smallest absolute Gasteiger partial charge is 0.264 e. The summed E-state index contributed by atoms with van der Waals surface area (Å²) < 4.78 is 44.9. The summed E-state index contributed by atoms with van der Waals surface area (Å²) >= 11 is 0. The zero-order valence-electron chi connectivity index (χ0n) is 23.5. The van der Waals surface area contributed by atoms with Crippen LogP contribution in [0, 0.1) is 6.92 Å². The van der Waals surface area contributed by atoms with E-state index in [1.165, 1.54) is 51.5 Å². The van der Waals surface area contributed by atoms with Gasteiger partial charge in [0.25, 0.3) is 10.0 Å². The summed E-state index contributed by atoms with van der Waals surface area (Å²) in [6, 6.07) is 17.3. The molecule has 0 heterocycles. The molecule has 0 aliphatic carbocycles. The van der Waals surface area contributed by atoms with E-state index in [4.69, 9.17) is 14.2 Å². The number of sulfonamides is 1. The summed E-state index contributed by atoms with van der Waals surface area (Å²) in [6.07, 6.45) is 0. The maximum atomic E-state index is 14.0. The van der Waals surface area contributed by atoms with E-state index in [2.05, 4.69) is 5.32 Å². The van der Waals surface area contributed by atoms with Crippen molar-refractivity contribution in [3.8, 4) is 17.2 Å². The van der Waals surface area contributed by atoms with Crippen molar-refractivity contribution in [3.05, 3.63) is 77.9 Å². The van der Waals surface area contributed by atoms with Crippen LogP contribution in [0.2, 0.25) is 0 Å². The number of methoxy groups -OCH3 is 3. The number of likely N-dealkylation sites (N-methyl/N-ethyl adjacent to an activating group) is 1. The Morgan fingerprint density at radius 2 is 1.57 bits per heavy atom. The van der Waals surface area contributed by atoms with E-state index < -0.39 is 28.5 Å². The van der Waals surface area contributed by atoms with Crippen LogP contribution in [-0.2, 0) is 26.2 Å². The number of nitrogens with one attached hydrogen (secondary N) is 1. The zero-order chi connectivity index (χ0) is 29.4. The lowest BCUT2D eigenvalue weighted by Gasteiger charge is -2.32. The first kappa shape index (κ1) is 30.3. The SMILES string of the molecule is CNC(=O)[C@@H](C)N(Cc1cccc(OC)c1)C(=O)CN(c1ccc(C)cc1)S(=O)(=O)c1ccc(OC)c(OC)c1. The van der Waals surface area contributed by atoms with Gasteiger partial charge >= 0.3 is 0 Å². The van der Waals surface area contributed by atoms with E-state index in [1.807, 2.05) is 6.92 Å². The number of carbonyl (C=O) groups excluding carboxylic acids is 2. The number of hydrogen-bond acceptors (Lipinski definition) is 7. The Bertz CT molecular complexity index is 1440. The van der Waals surface area contributed by atoms with Gasteiger partial charge < -0.3 is 24.4 Å². The van der Waals surface area contributed by atoms with Crippen LogP contribution in [0.5, 0.6) is 17.2 Å². The molecule has 0 aliphatic rings. The minimum Gasteiger partial charge on any atom is -0.497 e. The van der Waals surface area contributed by atoms with E-state index in [-0.39, 0.29) is 23.1 Å². The maximum absolute atomic E-state index is 14.0. The number of nitrogens with zero attached hydrogens (tertiary/aromatic N) is 2. The first-order valence-corrected chi connectivity index (χ1v) is 13.9. The van der Waals surface area contributed by atoms with Gasteiger partial charge in [-0.3, -0.25) is 13.9 Å². The largest absolute Gasteiger partial charge is 0.497 e. The van der Waals surface area contributed by atoms with E-state index >= 15 is 0 Å². The molecular formula is C29H35N3O7S. The molecule has 0 bridgehead atoms. The second kappa shape index (κ2) is 13.2. The second-order valence-electron chi connectivity index (χ2n) is 9.03. The van der Waals surface area contributed by atoms with Gasteiger partial charge in [-0.05, 0) is 55.8 Å². The van der Waals surface area contributed by atoms with Gasteiger partial charge in [0, 0.05) is 19.7 Å². The Kier molecular flexibility index (Phi) is 10.0. The highest BCUT2D eigenvalue weighted by Gasteiger charge is 2.33. The molecule has 10 nitrogen and oxygen atoms in total. The number of benzene rings is 3. The minimum absolute atomic E-state index is 0.0583. The van der Waals surface area contributed by atoms with Gasteiger partial charge in [0.1, 0.15) is 18.3 Å². The van der Waals surface area contributed by atoms with Crippen molar-refractivity contribution in [2.75, 3.05) is 39.2 Å². The molecule has 0 radical (unpaired) electrons. The summed E-state index contributed by atoms with van der Waals surface area (Å²) in [5.74, 6) is 0.231. The molecule has 214 valence electrons.